The van der Waals surface area contributed by atoms with Gasteiger partial charge < -0.3 is 15.2 Å². The summed E-state index contributed by atoms with van der Waals surface area (Å²) in [5, 5.41) is 0.214. The Morgan fingerprint density at radius 2 is 1.74 bits per heavy atom. The summed E-state index contributed by atoms with van der Waals surface area (Å²) in [4.78, 5) is 39.1. The highest BCUT2D eigenvalue weighted by molar-refractivity contribution is 8.04. The van der Waals surface area contributed by atoms with Crippen LogP contribution in [0.4, 0.5) is 0 Å². The Morgan fingerprint density at radius 3 is 2.33 bits per heavy atom. The standard InChI is InChI=1S/C18H17ClN2O5S/c1-8-15(22)21-14(20)12(17(23)25-2)11(9-6-4-5-7-10(9)19)13(16(21)27-8)18(24)26-3/h4-8,11H,20H2,1-3H3. The molecule has 0 aliphatic carbocycles. The van der Waals surface area contributed by atoms with Crippen molar-refractivity contribution < 1.29 is 23.9 Å². The number of methoxy groups -OCH3 is 2. The Kier molecular flexibility index (Phi) is 5.21. The molecule has 27 heavy (non-hydrogen) atoms. The van der Waals surface area contributed by atoms with Crippen molar-refractivity contribution in [1.82, 2.24) is 4.90 Å². The first kappa shape index (κ1) is 19.3. The number of amides is 1. The van der Waals surface area contributed by atoms with E-state index >= 15 is 0 Å². The van der Waals surface area contributed by atoms with E-state index in [4.69, 9.17) is 26.8 Å². The van der Waals surface area contributed by atoms with Crippen LogP contribution in [0.5, 0.6) is 0 Å². The van der Waals surface area contributed by atoms with Crippen molar-refractivity contribution in [3.63, 3.8) is 0 Å². The normalized spacial score (nSPS) is 22.1. The average molecular weight is 409 g/mol. The minimum Gasteiger partial charge on any atom is -0.466 e. The van der Waals surface area contributed by atoms with Crippen LogP contribution >= 0.6 is 23.4 Å². The predicted octanol–water partition coefficient (Wildman–Crippen LogP) is 2.13. The second-order valence-corrected chi connectivity index (χ2v) is 7.63. The lowest BCUT2D eigenvalue weighted by molar-refractivity contribution is -0.137. The van der Waals surface area contributed by atoms with E-state index in [9.17, 15) is 14.4 Å². The summed E-state index contributed by atoms with van der Waals surface area (Å²) < 4.78 is 9.83. The summed E-state index contributed by atoms with van der Waals surface area (Å²) in [6.45, 7) is 1.70. The first-order chi connectivity index (χ1) is 12.8. The van der Waals surface area contributed by atoms with Crippen LogP contribution in [-0.4, -0.2) is 42.2 Å². The summed E-state index contributed by atoms with van der Waals surface area (Å²) in [6, 6.07) is 6.79. The number of rotatable bonds is 3. The molecule has 0 aromatic heterocycles. The third kappa shape index (κ3) is 2.98. The summed E-state index contributed by atoms with van der Waals surface area (Å²) >= 11 is 7.54. The molecule has 2 aliphatic heterocycles. The van der Waals surface area contributed by atoms with Gasteiger partial charge in [-0.25, -0.2) is 9.59 Å². The molecule has 0 spiro atoms. The Morgan fingerprint density at radius 1 is 1.15 bits per heavy atom. The molecule has 2 N–H and O–H groups in total. The zero-order valence-corrected chi connectivity index (χ0v) is 16.4. The number of fused-ring (bicyclic) bond motifs is 1. The van der Waals surface area contributed by atoms with Crippen LogP contribution in [0.3, 0.4) is 0 Å². The summed E-state index contributed by atoms with van der Waals surface area (Å²) in [6.07, 6.45) is 0. The molecule has 1 amide bonds. The van der Waals surface area contributed by atoms with E-state index in [0.29, 0.717) is 15.6 Å². The number of carbonyl (C=O) groups excluding carboxylic acids is 3. The van der Waals surface area contributed by atoms with Crippen LogP contribution in [0.2, 0.25) is 5.02 Å². The van der Waals surface area contributed by atoms with Gasteiger partial charge in [0.05, 0.1) is 41.6 Å². The number of ether oxygens (including phenoxy) is 2. The van der Waals surface area contributed by atoms with Gasteiger partial charge in [-0.05, 0) is 18.6 Å². The molecule has 0 saturated carbocycles. The van der Waals surface area contributed by atoms with Crippen LogP contribution in [0.15, 0.2) is 46.3 Å². The van der Waals surface area contributed by atoms with Gasteiger partial charge in [0.1, 0.15) is 5.82 Å². The van der Waals surface area contributed by atoms with Gasteiger partial charge in [-0.1, -0.05) is 41.6 Å². The maximum absolute atomic E-state index is 12.7. The van der Waals surface area contributed by atoms with Crippen molar-refractivity contribution in [2.24, 2.45) is 5.73 Å². The highest BCUT2D eigenvalue weighted by Gasteiger charge is 2.49. The van der Waals surface area contributed by atoms with Crippen LogP contribution in [0.1, 0.15) is 18.4 Å². The first-order valence-electron chi connectivity index (χ1n) is 7.98. The summed E-state index contributed by atoms with van der Waals surface area (Å²) in [5.74, 6) is -2.75. The Hall–Kier alpha value is -2.45. The van der Waals surface area contributed by atoms with Crippen molar-refractivity contribution in [3.05, 3.63) is 56.8 Å². The van der Waals surface area contributed by atoms with Gasteiger partial charge in [0, 0.05) is 5.02 Å². The summed E-state index contributed by atoms with van der Waals surface area (Å²) in [5.41, 5.74) is 6.80. The molecule has 0 bridgehead atoms. The van der Waals surface area contributed by atoms with Gasteiger partial charge in [-0.15, -0.1) is 0 Å². The van der Waals surface area contributed by atoms with Crippen LogP contribution in [0, 0.1) is 0 Å². The Balaban J connectivity index is 2.36. The monoisotopic (exact) mass is 408 g/mol. The molecule has 2 heterocycles. The van der Waals surface area contributed by atoms with Gasteiger partial charge in [-0.3, -0.25) is 9.69 Å². The molecule has 1 fully saturated rings. The predicted molar refractivity (Wildman–Crippen MR) is 100 cm³/mol. The number of esters is 2. The fourth-order valence-corrected chi connectivity index (χ4v) is 4.58. The molecule has 9 heteroatoms. The number of thioether (sulfide) groups is 1. The van der Waals surface area contributed by atoms with E-state index in [-0.39, 0.29) is 22.9 Å². The first-order valence-corrected chi connectivity index (χ1v) is 9.24. The average Bonchev–Trinajstić information content (AvgIpc) is 2.95. The number of carbonyl (C=O) groups is 3. The maximum Gasteiger partial charge on any atom is 0.338 e. The second-order valence-electron chi connectivity index (χ2n) is 5.89. The molecule has 3 rings (SSSR count). The van der Waals surface area contributed by atoms with Crippen molar-refractivity contribution in [2.45, 2.75) is 18.1 Å². The Labute approximate surface area is 165 Å². The molecule has 142 valence electrons. The number of hydrogen-bond donors (Lipinski definition) is 1. The number of halogens is 1. The number of benzene rings is 1. The zero-order valence-electron chi connectivity index (χ0n) is 14.8. The molecule has 2 atom stereocenters. The second kappa shape index (κ2) is 7.28. The highest BCUT2D eigenvalue weighted by atomic mass is 35.5. The lowest BCUT2D eigenvalue weighted by atomic mass is 9.82. The molecule has 1 saturated heterocycles. The minimum absolute atomic E-state index is 0.0298. The van der Waals surface area contributed by atoms with Crippen LogP contribution < -0.4 is 5.73 Å². The molecular weight excluding hydrogens is 392 g/mol. The van der Waals surface area contributed by atoms with Crippen molar-refractivity contribution in [2.75, 3.05) is 14.2 Å². The largest absolute Gasteiger partial charge is 0.466 e. The molecule has 0 radical (unpaired) electrons. The molecular formula is C18H17ClN2O5S. The maximum atomic E-state index is 12.7. The summed E-state index contributed by atoms with van der Waals surface area (Å²) in [7, 11) is 2.43. The van der Waals surface area contributed by atoms with Gasteiger partial charge in [0.15, 0.2) is 0 Å². The molecule has 2 unspecified atom stereocenters. The SMILES string of the molecule is COC(=O)C1=C(N)N2C(=O)C(C)SC2=C(C(=O)OC)C1c1ccccc1Cl. The number of hydrogen-bond acceptors (Lipinski definition) is 7. The molecule has 1 aromatic carbocycles. The van der Waals surface area contributed by atoms with E-state index < -0.39 is 23.1 Å². The third-order valence-electron chi connectivity index (χ3n) is 4.41. The molecule has 7 nitrogen and oxygen atoms in total. The van der Waals surface area contributed by atoms with Crippen LogP contribution in [0.25, 0.3) is 0 Å². The quantitative estimate of drug-likeness (QED) is 0.765. The third-order valence-corrected chi connectivity index (χ3v) is 5.94. The lowest BCUT2D eigenvalue weighted by Crippen LogP contribution is -2.40. The smallest absolute Gasteiger partial charge is 0.338 e. The fraction of sp³-hybridized carbons (Fsp3) is 0.278. The van der Waals surface area contributed by atoms with Crippen molar-refractivity contribution >= 4 is 41.2 Å². The van der Waals surface area contributed by atoms with E-state index in [0.717, 1.165) is 0 Å². The minimum atomic E-state index is -0.921. The Bertz CT molecular complexity index is 911. The van der Waals surface area contributed by atoms with E-state index in [1.165, 1.54) is 30.9 Å². The van der Waals surface area contributed by atoms with Crippen LogP contribution in [-0.2, 0) is 23.9 Å². The fourth-order valence-electron chi connectivity index (χ4n) is 3.17. The zero-order chi connectivity index (χ0) is 19.9. The van der Waals surface area contributed by atoms with Crippen molar-refractivity contribution in [3.8, 4) is 0 Å². The van der Waals surface area contributed by atoms with Gasteiger partial charge in [-0.2, -0.15) is 0 Å². The topological polar surface area (TPSA) is 98.9 Å². The highest BCUT2D eigenvalue weighted by Crippen LogP contribution is 2.50. The number of nitrogens with zero attached hydrogens (tertiary/aromatic N) is 1. The van der Waals surface area contributed by atoms with Gasteiger partial charge >= 0.3 is 11.9 Å². The number of nitrogens with two attached hydrogens (primary N) is 1. The molecule has 1 aromatic rings. The lowest BCUT2D eigenvalue weighted by Gasteiger charge is -2.33. The molecule has 2 aliphatic rings. The van der Waals surface area contributed by atoms with E-state index in [1.54, 1.807) is 31.2 Å². The van der Waals surface area contributed by atoms with Gasteiger partial charge in [0.2, 0.25) is 5.91 Å². The van der Waals surface area contributed by atoms with Crippen molar-refractivity contribution in [1.29, 1.82) is 0 Å². The van der Waals surface area contributed by atoms with E-state index in [1.807, 2.05) is 0 Å². The van der Waals surface area contributed by atoms with Gasteiger partial charge in [0.25, 0.3) is 0 Å². The van der Waals surface area contributed by atoms with E-state index in [2.05, 4.69) is 0 Å².